The van der Waals surface area contributed by atoms with Crippen LogP contribution >= 0.6 is 23.2 Å². The Hall–Kier alpha value is -1.56. The first-order valence-corrected chi connectivity index (χ1v) is 8.14. The summed E-state index contributed by atoms with van der Waals surface area (Å²) >= 11 is 12.6. The first-order valence-electron chi connectivity index (χ1n) is 7.39. The van der Waals surface area contributed by atoms with Crippen LogP contribution in [0.3, 0.4) is 0 Å². The van der Waals surface area contributed by atoms with Crippen LogP contribution in [0.25, 0.3) is 0 Å². The van der Waals surface area contributed by atoms with Crippen molar-refractivity contribution in [2.75, 3.05) is 13.2 Å². The first kappa shape index (κ1) is 16.3. The van der Waals surface area contributed by atoms with Crippen LogP contribution in [0.15, 0.2) is 24.8 Å². The van der Waals surface area contributed by atoms with E-state index < -0.39 is 0 Å². The van der Waals surface area contributed by atoms with E-state index >= 15 is 0 Å². The van der Waals surface area contributed by atoms with Crippen molar-refractivity contribution in [1.29, 1.82) is 0 Å². The second kappa shape index (κ2) is 6.91. The summed E-state index contributed by atoms with van der Waals surface area (Å²) in [6, 6.07) is 3.57. The van der Waals surface area contributed by atoms with Gasteiger partial charge in [0.15, 0.2) is 0 Å². The van der Waals surface area contributed by atoms with Gasteiger partial charge in [-0.3, -0.25) is 0 Å². The van der Waals surface area contributed by atoms with E-state index in [4.69, 9.17) is 33.0 Å². The average Bonchev–Trinajstić information content (AvgIpc) is 3.10. The Balaban J connectivity index is 1.93. The number of fused-ring (bicyclic) bond motifs is 1. The van der Waals surface area contributed by atoms with Crippen LogP contribution in [0.5, 0.6) is 5.75 Å². The molecule has 2 heterocycles. The van der Waals surface area contributed by atoms with E-state index in [0.717, 1.165) is 17.2 Å². The van der Waals surface area contributed by atoms with Crippen LogP contribution < -0.4 is 4.74 Å². The lowest BCUT2D eigenvalue weighted by atomic mass is 9.96. The number of benzene rings is 1. The summed E-state index contributed by atoms with van der Waals surface area (Å²) < 4.78 is 7.78. The topological polar surface area (TPSA) is 60.2 Å². The molecule has 0 aliphatic carbocycles. The van der Waals surface area contributed by atoms with E-state index in [1.165, 1.54) is 0 Å². The minimum atomic E-state index is 0.0500. The lowest BCUT2D eigenvalue weighted by Crippen LogP contribution is -2.09. The smallest absolute Gasteiger partial charge is 0.135 e. The zero-order valence-electron chi connectivity index (χ0n) is 12.5. The molecule has 0 spiro atoms. The quantitative estimate of drug-likeness (QED) is 0.810. The van der Waals surface area contributed by atoms with Gasteiger partial charge in [-0.05, 0) is 12.1 Å². The molecule has 7 heteroatoms. The molecule has 1 aromatic heterocycles. The Morgan fingerprint density at radius 3 is 2.96 bits per heavy atom. The van der Waals surface area contributed by atoms with Crippen molar-refractivity contribution in [2.45, 2.75) is 25.3 Å². The maximum absolute atomic E-state index is 9.12. The molecule has 0 bridgehead atoms. The number of aliphatic hydroxyl groups is 1. The van der Waals surface area contributed by atoms with Crippen molar-refractivity contribution in [3.05, 3.63) is 52.0 Å². The zero-order chi connectivity index (χ0) is 16.4. The van der Waals surface area contributed by atoms with Crippen molar-refractivity contribution in [2.24, 2.45) is 0 Å². The lowest BCUT2D eigenvalue weighted by Gasteiger charge is -2.18. The molecule has 1 aliphatic heterocycles. The number of aliphatic hydroxyl groups excluding tert-OH is 1. The maximum atomic E-state index is 9.12. The van der Waals surface area contributed by atoms with E-state index in [1.807, 2.05) is 10.6 Å². The molecule has 3 rings (SSSR count). The summed E-state index contributed by atoms with van der Waals surface area (Å²) in [6.07, 6.45) is 2.89. The second-order valence-corrected chi connectivity index (χ2v) is 6.18. The number of halogens is 2. The van der Waals surface area contributed by atoms with Crippen LogP contribution in [0.4, 0.5) is 0 Å². The highest BCUT2D eigenvalue weighted by atomic mass is 35.5. The Kier molecular flexibility index (Phi) is 4.90. The predicted molar refractivity (Wildman–Crippen MR) is 89.4 cm³/mol. The molecule has 1 N–H and O–H groups in total. The normalized spacial score (nSPS) is 16.4. The van der Waals surface area contributed by atoms with Crippen LogP contribution in [-0.4, -0.2) is 33.1 Å². The molecule has 0 saturated carbocycles. The summed E-state index contributed by atoms with van der Waals surface area (Å²) in [4.78, 5) is 0. The van der Waals surface area contributed by atoms with Gasteiger partial charge in [0, 0.05) is 30.9 Å². The molecule has 122 valence electrons. The molecule has 0 unspecified atom stereocenters. The largest absolute Gasteiger partial charge is 0.489 e. The SMILES string of the molecule is C=CCOc1ccc(Cl)c(Cl)c1[C@@H]1Cc2nnc(CCO)n2C1. The standard InChI is InChI=1S/C16H17Cl2N3O2/c1-2-7-23-12-4-3-11(17)16(18)15(12)10-8-14-20-19-13(5-6-22)21(14)9-10/h2-4,10,22H,1,5-9H2/t10-/m1/s1. The van der Waals surface area contributed by atoms with Gasteiger partial charge in [0.2, 0.25) is 0 Å². The third kappa shape index (κ3) is 3.09. The monoisotopic (exact) mass is 353 g/mol. The fourth-order valence-corrected chi connectivity index (χ4v) is 3.40. The number of ether oxygens (including phenoxy) is 1. The van der Waals surface area contributed by atoms with Gasteiger partial charge in [-0.1, -0.05) is 35.9 Å². The molecule has 1 atom stereocenters. The van der Waals surface area contributed by atoms with E-state index in [0.29, 0.717) is 41.8 Å². The van der Waals surface area contributed by atoms with Crippen LogP contribution in [0, 0.1) is 0 Å². The Morgan fingerprint density at radius 1 is 1.39 bits per heavy atom. The lowest BCUT2D eigenvalue weighted by molar-refractivity contribution is 0.294. The highest BCUT2D eigenvalue weighted by Crippen LogP contribution is 2.42. The van der Waals surface area contributed by atoms with E-state index in [-0.39, 0.29) is 12.5 Å². The van der Waals surface area contributed by atoms with Gasteiger partial charge in [0.1, 0.15) is 24.0 Å². The van der Waals surface area contributed by atoms with Gasteiger partial charge in [-0.2, -0.15) is 0 Å². The molecule has 0 radical (unpaired) electrons. The highest BCUT2D eigenvalue weighted by Gasteiger charge is 2.31. The molecule has 2 aromatic rings. The molecule has 0 amide bonds. The molecule has 0 fully saturated rings. The summed E-state index contributed by atoms with van der Waals surface area (Å²) in [7, 11) is 0. The minimum Gasteiger partial charge on any atom is -0.489 e. The third-order valence-electron chi connectivity index (χ3n) is 3.93. The number of hydrogen-bond acceptors (Lipinski definition) is 4. The van der Waals surface area contributed by atoms with Gasteiger partial charge < -0.3 is 14.4 Å². The van der Waals surface area contributed by atoms with Crippen molar-refractivity contribution in [1.82, 2.24) is 14.8 Å². The molecular weight excluding hydrogens is 337 g/mol. The Morgan fingerprint density at radius 2 is 2.22 bits per heavy atom. The Labute approximate surface area is 144 Å². The Bertz CT molecular complexity index is 730. The van der Waals surface area contributed by atoms with E-state index in [9.17, 15) is 0 Å². The van der Waals surface area contributed by atoms with Gasteiger partial charge in [-0.15, -0.1) is 10.2 Å². The van der Waals surface area contributed by atoms with Crippen molar-refractivity contribution < 1.29 is 9.84 Å². The van der Waals surface area contributed by atoms with Crippen molar-refractivity contribution in [3.8, 4) is 5.75 Å². The van der Waals surface area contributed by atoms with Gasteiger partial charge in [0.25, 0.3) is 0 Å². The summed E-state index contributed by atoms with van der Waals surface area (Å²) in [5.74, 6) is 2.51. The van der Waals surface area contributed by atoms with Gasteiger partial charge in [-0.25, -0.2) is 0 Å². The minimum absolute atomic E-state index is 0.0500. The highest BCUT2D eigenvalue weighted by molar-refractivity contribution is 6.42. The number of aromatic nitrogens is 3. The number of hydrogen-bond donors (Lipinski definition) is 1. The molecule has 23 heavy (non-hydrogen) atoms. The van der Waals surface area contributed by atoms with Crippen LogP contribution in [0.2, 0.25) is 10.0 Å². The summed E-state index contributed by atoms with van der Waals surface area (Å²) in [6.45, 7) is 4.82. The van der Waals surface area contributed by atoms with E-state index in [2.05, 4.69) is 16.8 Å². The second-order valence-electron chi connectivity index (χ2n) is 5.39. The van der Waals surface area contributed by atoms with Gasteiger partial charge in [0.05, 0.1) is 16.7 Å². The molecular formula is C16H17Cl2N3O2. The van der Waals surface area contributed by atoms with E-state index in [1.54, 1.807) is 12.1 Å². The maximum Gasteiger partial charge on any atom is 0.135 e. The summed E-state index contributed by atoms with van der Waals surface area (Å²) in [5, 5.41) is 18.5. The number of nitrogens with zero attached hydrogens (tertiary/aromatic N) is 3. The van der Waals surface area contributed by atoms with Crippen LogP contribution in [-0.2, 0) is 19.4 Å². The fraction of sp³-hybridized carbons (Fsp3) is 0.375. The summed E-state index contributed by atoms with van der Waals surface area (Å²) in [5.41, 5.74) is 0.890. The van der Waals surface area contributed by atoms with Gasteiger partial charge >= 0.3 is 0 Å². The number of rotatable bonds is 6. The third-order valence-corrected chi connectivity index (χ3v) is 4.75. The molecule has 0 saturated heterocycles. The average molecular weight is 354 g/mol. The van der Waals surface area contributed by atoms with Crippen molar-refractivity contribution >= 4 is 23.2 Å². The molecule has 1 aliphatic rings. The fourth-order valence-electron chi connectivity index (χ4n) is 2.92. The predicted octanol–water partition coefficient (Wildman–Crippen LogP) is 3.02. The first-order chi connectivity index (χ1) is 11.2. The zero-order valence-corrected chi connectivity index (χ0v) is 14.0. The molecule has 1 aromatic carbocycles. The molecule has 5 nitrogen and oxygen atoms in total. The van der Waals surface area contributed by atoms with Crippen LogP contribution in [0.1, 0.15) is 23.1 Å². The van der Waals surface area contributed by atoms with Crippen molar-refractivity contribution in [3.63, 3.8) is 0 Å².